The lowest BCUT2D eigenvalue weighted by molar-refractivity contribution is -0.130. The Morgan fingerprint density at radius 1 is 1.15 bits per heavy atom. The molecule has 2 aromatic rings. The minimum Gasteiger partial charge on any atom is -0.478 e. The van der Waals surface area contributed by atoms with Crippen LogP contribution >= 0.6 is 12.2 Å². The second-order valence-electron chi connectivity index (χ2n) is 5.43. The van der Waals surface area contributed by atoms with Gasteiger partial charge in [-0.3, -0.25) is 20.4 Å². The molecule has 0 unspecified atom stereocenters. The van der Waals surface area contributed by atoms with Crippen molar-refractivity contribution in [2.75, 3.05) is 10.6 Å². The van der Waals surface area contributed by atoms with E-state index in [1.165, 1.54) is 24.3 Å². The number of hydrogen-bond acceptors (Lipinski definition) is 4. The average molecular weight is 374 g/mol. The summed E-state index contributed by atoms with van der Waals surface area (Å²) in [4.78, 5) is 24.0. The Bertz CT molecular complexity index is 844. The lowest BCUT2D eigenvalue weighted by Crippen LogP contribution is -2.47. The van der Waals surface area contributed by atoms with E-state index in [1.807, 2.05) is 0 Å². The van der Waals surface area contributed by atoms with Crippen LogP contribution in [0, 0.1) is 5.82 Å². The summed E-state index contributed by atoms with van der Waals surface area (Å²) in [7, 11) is 0. The van der Waals surface area contributed by atoms with Crippen LogP contribution in [0.4, 0.5) is 15.8 Å². The highest BCUT2D eigenvalue weighted by atomic mass is 32.1. The van der Waals surface area contributed by atoms with Crippen molar-refractivity contribution in [2.24, 2.45) is 0 Å². The summed E-state index contributed by atoms with van der Waals surface area (Å²) in [6.45, 7) is 0. The van der Waals surface area contributed by atoms with E-state index in [4.69, 9.17) is 17.0 Å². The van der Waals surface area contributed by atoms with Gasteiger partial charge >= 0.3 is 0 Å². The molecule has 1 aliphatic heterocycles. The van der Waals surface area contributed by atoms with Crippen LogP contribution in [0.2, 0.25) is 0 Å². The number of rotatable bonds is 3. The molecule has 2 aromatic carbocycles. The molecule has 9 heteroatoms. The van der Waals surface area contributed by atoms with Crippen LogP contribution in [-0.2, 0) is 9.59 Å². The lowest BCUT2D eigenvalue weighted by atomic mass is 10.1. The molecule has 0 saturated carbocycles. The van der Waals surface area contributed by atoms with Gasteiger partial charge < -0.3 is 15.4 Å². The van der Waals surface area contributed by atoms with Crippen molar-refractivity contribution in [2.45, 2.75) is 12.5 Å². The largest absolute Gasteiger partial charge is 0.478 e. The topological polar surface area (TPSA) is 91.5 Å². The molecule has 0 bridgehead atoms. The van der Waals surface area contributed by atoms with E-state index in [0.29, 0.717) is 17.1 Å². The third-order valence-corrected chi connectivity index (χ3v) is 3.70. The Labute approximate surface area is 153 Å². The molecule has 0 spiro atoms. The van der Waals surface area contributed by atoms with E-state index in [-0.39, 0.29) is 17.4 Å². The Morgan fingerprint density at radius 3 is 2.65 bits per heavy atom. The summed E-state index contributed by atoms with van der Waals surface area (Å²) in [5, 5.41) is 5.58. The first-order chi connectivity index (χ1) is 12.5. The summed E-state index contributed by atoms with van der Waals surface area (Å²) < 4.78 is 18.4. The number of para-hydroxylation sites is 2. The van der Waals surface area contributed by atoms with Crippen LogP contribution in [0.5, 0.6) is 5.75 Å². The van der Waals surface area contributed by atoms with Crippen molar-refractivity contribution < 1.29 is 18.7 Å². The standard InChI is InChI=1S/C17H15FN4O3S/c18-10-5-7-11(8-6-10)19-17(26)22-21-15(23)9-14-16(24)20-12-3-1-2-4-13(12)25-14/h1-8,14H,9H2,(H,20,24)(H,21,23)(H2,19,22,26)/t14-/m1/s1. The number of carbonyl (C=O) groups excluding carboxylic acids is 2. The molecular formula is C17H15FN4O3S. The van der Waals surface area contributed by atoms with Gasteiger partial charge in [0, 0.05) is 5.69 Å². The second kappa shape index (κ2) is 7.79. The smallest absolute Gasteiger partial charge is 0.266 e. The zero-order valence-electron chi connectivity index (χ0n) is 13.4. The summed E-state index contributed by atoms with van der Waals surface area (Å²) in [6, 6.07) is 12.5. The highest BCUT2D eigenvalue weighted by Gasteiger charge is 2.29. The van der Waals surface area contributed by atoms with Crippen molar-refractivity contribution in [1.29, 1.82) is 0 Å². The number of hydrogen-bond donors (Lipinski definition) is 4. The SMILES string of the molecule is O=C(C[C@H]1Oc2ccccc2NC1=O)NNC(=S)Nc1ccc(F)cc1. The van der Waals surface area contributed by atoms with E-state index < -0.39 is 17.9 Å². The fourth-order valence-corrected chi connectivity index (χ4v) is 2.44. The fraction of sp³-hybridized carbons (Fsp3) is 0.118. The Kier molecular flexibility index (Phi) is 5.28. The summed E-state index contributed by atoms with van der Waals surface area (Å²) in [5.41, 5.74) is 6.01. The molecule has 4 N–H and O–H groups in total. The van der Waals surface area contributed by atoms with Gasteiger partial charge in [0.05, 0.1) is 12.1 Å². The molecule has 0 fully saturated rings. The van der Waals surface area contributed by atoms with Crippen LogP contribution in [0.3, 0.4) is 0 Å². The third kappa shape index (κ3) is 4.45. The summed E-state index contributed by atoms with van der Waals surface area (Å²) in [5.74, 6) is -0.736. The number of thiocarbonyl (C=S) groups is 1. The molecule has 1 atom stereocenters. The van der Waals surface area contributed by atoms with Crippen LogP contribution in [0.15, 0.2) is 48.5 Å². The molecule has 2 amide bonds. The Hall–Kier alpha value is -3.20. The van der Waals surface area contributed by atoms with Gasteiger partial charge in [0.25, 0.3) is 5.91 Å². The minimum absolute atomic E-state index is 0.115. The maximum atomic E-state index is 12.8. The number of halogens is 1. The van der Waals surface area contributed by atoms with Gasteiger partial charge in [-0.15, -0.1) is 0 Å². The van der Waals surface area contributed by atoms with Crippen LogP contribution in [0.25, 0.3) is 0 Å². The predicted molar refractivity (Wildman–Crippen MR) is 98.0 cm³/mol. The van der Waals surface area contributed by atoms with Gasteiger partial charge in [0.2, 0.25) is 5.91 Å². The zero-order valence-corrected chi connectivity index (χ0v) is 14.2. The van der Waals surface area contributed by atoms with Gasteiger partial charge in [-0.2, -0.15) is 0 Å². The van der Waals surface area contributed by atoms with Crippen molar-refractivity contribution >= 4 is 40.5 Å². The molecule has 1 aliphatic rings. The highest BCUT2D eigenvalue weighted by molar-refractivity contribution is 7.80. The number of amides is 2. The number of carbonyl (C=O) groups is 2. The molecule has 0 aliphatic carbocycles. The van der Waals surface area contributed by atoms with Gasteiger partial charge in [0.1, 0.15) is 11.6 Å². The molecule has 134 valence electrons. The maximum Gasteiger partial charge on any atom is 0.266 e. The first-order valence-corrected chi connectivity index (χ1v) is 8.10. The number of ether oxygens (including phenoxy) is 1. The van der Waals surface area contributed by atoms with E-state index >= 15 is 0 Å². The maximum absolute atomic E-state index is 12.8. The summed E-state index contributed by atoms with van der Waals surface area (Å²) in [6.07, 6.45) is -1.13. The molecule has 0 aromatic heterocycles. The number of fused-ring (bicyclic) bond motifs is 1. The van der Waals surface area contributed by atoms with E-state index in [0.717, 1.165) is 0 Å². The first kappa shape index (κ1) is 17.6. The predicted octanol–water partition coefficient (Wildman–Crippen LogP) is 1.93. The summed E-state index contributed by atoms with van der Waals surface area (Å²) >= 11 is 5.03. The van der Waals surface area contributed by atoms with Crippen LogP contribution in [0.1, 0.15) is 6.42 Å². The van der Waals surface area contributed by atoms with E-state index in [1.54, 1.807) is 24.3 Å². The molecular weight excluding hydrogens is 359 g/mol. The Morgan fingerprint density at radius 2 is 1.88 bits per heavy atom. The van der Waals surface area contributed by atoms with Crippen molar-refractivity contribution in [3.05, 3.63) is 54.3 Å². The lowest BCUT2D eigenvalue weighted by Gasteiger charge is -2.25. The van der Waals surface area contributed by atoms with Gasteiger partial charge in [-0.05, 0) is 48.6 Å². The third-order valence-electron chi connectivity index (χ3n) is 3.49. The molecule has 0 radical (unpaired) electrons. The van der Waals surface area contributed by atoms with Crippen molar-refractivity contribution in [3.63, 3.8) is 0 Å². The van der Waals surface area contributed by atoms with Crippen molar-refractivity contribution in [3.8, 4) is 5.75 Å². The average Bonchev–Trinajstić information content (AvgIpc) is 2.62. The number of hydrazine groups is 1. The molecule has 0 saturated heterocycles. The zero-order chi connectivity index (χ0) is 18.5. The molecule has 1 heterocycles. The quantitative estimate of drug-likeness (QED) is 0.485. The van der Waals surface area contributed by atoms with E-state index in [9.17, 15) is 14.0 Å². The second-order valence-corrected chi connectivity index (χ2v) is 5.84. The molecule has 3 rings (SSSR count). The van der Waals surface area contributed by atoms with Crippen LogP contribution < -0.4 is 26.2 Å². The monoisotopic (exact) mass is 374 g/mol. The van der Waals surface area contributed by atoms with Gasteiger partial charge in [0.15, 0.2) is 11.2 Å². The fourth-order valence-electron chi connectivity index (χ4n) is 2.27. The number of benzene rings is 2. The number of anilines is 2. The molecule has 7 nitrogen and oxygen atoms in total. The van der Waals surface area contributed by atoms with Gasteiger partial charge in [-0.25, -0.2) is 4.39 Å². The highest BCUT2D eigenvalue weighted by Crippen LogP contribution is 2.29. The van der Waals surface area contributed by atoms with Crippen LogP contribution in [-0.4, -0.2) is 23.0 Å². The minimum atomic E-state index is -0.940. The number of nitrogens with one attached hydrogen (secondary N) is 4. The Balaban J connectivity index is 1.47. The normalized spacial score (nSPS) is 15.1. The van der Waals surface area contributed by atoms with Crippen molar-refractivity contribution in [1.82, 2.24) is 10.9 Å². The first-order valence-electron chi connectivity index (χ1n) is 7.69. The molecule has 26 heavy (non-hydrogen) atoms. The van der Waals surface area contributed by atoms with Gasteiger partial charge in [-0.1, -0.05) is 12.1 Å². The van der Waals surface area contributed by atoms with E-state index in [2.05, 4.69) is 21.5 Å².